The number of aromatic nitrogens is 6. The fourth-order valence-corrected chi connectivity index (χ4v) is 3.00. The summed E-state index contributed by atoms with van der Waals surface area (Å²) in [6.07, 6.45) is 1.49. The highest BCUT2D eigenvalue weighted by molar-refractivity contribution is 6.30. The van der Waals surface area contributed by atoms with Crippen LogP contribution in [0.15, 0.2) is 35.4 Å². The standard InChI is InChI=1S/C17H15ClN6O2/c1-3-23-9-19-16-14(17(23)25)20-21-15-13(10-4-6-11(18)7-5-10)12(8-26-2)22-24(15)16/h4-7,9H,3,8H2,1-2H3. The number of hydrogen-bond donors (Lipinski definition) is 0. The summed E-state index contributed by atoms with van der Waals surface area (Å²) in [6, 6.07) is 7.35. The predicted molar refractivity (Wildman–Crippen MR) is 97.2 cm³/mol. The lowest BCUT2D eigenvalue weighted by molar-refractivity contribution is 0.181. The minimum absolute atomic E-state index is 0.177. The number of halogens is 1. The van der Waals surface area contributed by atoms with Crippen LogP contribution in [0.5, 0.6) is 0 Å². The predicted octanol–water partition coefficient (Wildman–Crippen LogP) is 2.32. The van der Waals surface area contributed by atoms with Crippen LogP contribution in [0.1, 0.15) is 12.6 Å². The molecule has 0 atom stereocenters. The van der Waals surface area contributed by atoms with E-state index in [1.807, 2.05) is 19.1 Å². The molecule has 0 fully saturated rings. The molecule has 26 heavy (non-hydrogen) atoms. The minimum Gasteiger partial charge on any atom is -0.378 e. The molecule has 0 amide bonds. The van der Waals surface area contributed by atoms with E-state index in [9.17, 15) is 4.79 Å². The van der Waals surface area contributed by atoms with Gasteiger partial charge in [0.2, 0.25) is 0 Å². The lowest BCUT2D eigenvalue weighted by atomic mass is 10.1. The van der Waals surface area contributed by atoms with Crippen molar-refractivity contribution >= 4 is 28.4 Å². The molecule has 0 radical (unpaired) electrons. The highest BCUT2D eigenvalue weighted by atomic mass is 35.5. The molecule has 0 aliphatic rings. The van der Waals surface area contributed by atoms with E-state index in [0.717, 1.165) is 11.1 Å². The second kappa shape index (κ2) is 6.47. The maximum absolute atomic E-state index is 12.5. The van der Waals surface area contributed by atoms with E-state index >= 15 is 0 Å². The first-order chi connectivity index (χ1) is 12.6. The first kappa shape index (κ1) is 16.6. The van der Waals surface area contributed by atoms with Crippen LogP contribution in [0.3, 0.4) is 0 Å². The molecule has 132 valence electrons. The lowest BCUT2D eigenvalue weighted by Gasteiger charge is -2.04. The van der Waals surface area contributed by atoms with E-state index < -0.39 is 0 Å². The van der Waals surface area contributed by atoms with Gasteiger partial charge in [0, 0.05) is 18.7 Å². The number of rotatable bonds is 4. The smallest absolute Gasteiger partial charge is 0.283 e. The third-order valence-electron chi connectivity index (χ3n) is 4.13. The quantitative estimate of drug-likeness (QED) is 0.548. The first-order valence-electron chi connectivity index (χ1n) is 8.02. The van der Waals surface area contributed by atoms with Gasteiger partial charge in [0.1, 0.15) is 6.33 Å². The van der Waals surface area contributed by atoms with Crippen molar-refractivity contribution in [3.05, 3.63) is 51.7 Å². The Morgan fingerprint density at radius 1 is 1.15 bits per heavy atom. The van der Waals surface area contributed by atoms with Gasteiger partial charge in [0.15, 0.2) is 16.8 Å². The van der Waals surface area contributed by atoms with Crippen LogP contribution in [-0.4, -0.2) is 36.5 Å². The van der Waals surface area contributed by atoms with Crippen LogP contribution >= 0.6 is 11.6 Å². The van der Waals surface area contributed by atoms with Gasteiger partial charge in [0.25, 0.3) is 5.56 Å². The Kier molecular flexibility index (Phi) is 4.14. The zero-order valence-electron chi connectivity index (χ0n) is 14.2. The highest BCUT2D eigenvalue weighted by Gasteiger charge is 2.20. The van der Waals surface area contributed by atoms with E-state index in [2.05, 4.69) is 20.3 Å². The van der Waals surface area contributed by atoms with Crippen molar-refractivity contribution in [1.29, 1.82) is 0 Å². The Balaban J connectivity index is 2.06. The molecular weight excluding hydrogens is 356 g/mol. The monoisotopic (exact) mass is 370 g/mol. The van der Waals surface area contributed by atoms with Crippen LogP contribution < -0.4 is 5.56 Å². The molecular formula is C17H15ClN6O2. The van der Waals surface area contributed by atoms with E-state index in [0.29, 0.717) is 28.6 Å². The molecule has 3 heterocycles. The van der Waals surface area contributed by atoms with Crippen molar-refractivity contribution in [2.45, 2.75) is 20.1 Å². The van der Waals surface area contributed by atoms with Gasteiger partial charge in [-0.3, -0.25) is 9.36 Å². The summed E-state index contributed by atoms with van der Waals surface area (Å²) < 4.78 is 8.30. The van der Waals surface area contributed by atoms with E-state index in [1.165, 1.54) is 10.9 Å². The zero-order chi connectivity index (χ0) is 18.3. The number of methoxy groups -OCH3 is 1. The van der Waals surface area contributed by atoms with Crippen LogP contribution in [0, 0.1) is 0 Å². The van der Waals surface area contributed by atoms with Crippen molar-refractivity contribution in [2.75, 3.05) is 7.11 Å². The molecule has 0 saturated heterocycles. The van der Waals surface area contributed by atoms with E-state index in [4.69, 9.17) is 16.3 Å². The van der Waals surface area contributed by atoms with Gasteiger partial charge >= 0.3 is 0 Å². The van der Waals surface area contributed by atoms with Crippen molar-refractivity contribution in [3.8, 4) is 11.1 Å². The average molecular weight is 371 g/mol. The molecule has 0 bridgehead atoms. The van der Waals surface area contributed by atoms with Crippen LogP contribution in [-0.2, 0) is 17.9 Å². The third-order valence-corrected chi connectivity index (χ3v) is 4.38. The van der Waals surface area contributed by atoms with Gasteiger partial charge < -0.3 is 4.74 Å². The molecule has 1 aromatic carbocycles. The molecule has 0 unspecified atom stereocenters. The number of benzene rings is 1. The van der Waals surface area contributed by atoms with Crippen molar-refractivity contribution < 1.29 is 4.74 Å². The van der Waals surface area contributed by atoms with Gasteiger partial charge in [-0.1, -0.05) is 23.7 Å². The Labute approximate surface area is 153 Å². The SMILES string of the molecule is CCn1cnc2c(nnc3c(-c4ccc(Cl)cc4)c(COC)nn32)c1=O. The first-order valence-corrected chi connectivity index (χ1v) is 8.40. The van der Waals surface area contributed by atoms with E-state index in [-0.39, 0.29) is 17.7 Å². The van der Waals surface area contributed by atoms with Crippen molar-refractivity contribution in [2.24, 2.45) is 0 Å². The average Bonchev–Trinajstić information content (AvgIpc) is 3.01. The molecule has 0 spiro atoms. The largest absolute Gasteiger partial charge is 0.378 e. The van der Waals surface area contributed by atoms with Gasteiger partial charge in [-0.15, -0.1) is 10.2 Å². The third kappa shape index (κ3) is 2.54. The van der Waals surface area contributed by atoms with Crippen molar-refractivity contribution in [1.82, 2.24) is 29.4 Å². The fourth-order valence-electron chi connectivity index (χ4n) is 2.88. The number of aryl methyl sites for hydroxylation is 1. The van der Waals surface area contributed by atoms with E-state index in [1.54, 1.807) is 23.8 Å². The van der Waals surface area contributed by atoms with Crippen LogP contribution in [0.2, 0.25) is 5.02 Å². The Morgan fingerprint density at radius 2 is 1.92 bits per heavy atom. The van der Waals surface area contributed by atoms with Crippen LogP contribution in [0.4, 0.5) is 0 Å². The molecule has 4 rings (SSSR count). The molecule has 9 heteroatoms. The topological polar surface area (TPSA) is 87.2 Å². The Hall–Kier alpha value is -2.84. The number of nitrogens with zero attached hydrogens (tertiary/aromatic N) is 6. The molecule has 8 nitrogen and oxygen atoms in total. The van der Waals surface area contributed by atoms with Crippen molar-refractivity contribution in [3.63, 3.8) is 0 Å². The summed E-state index contributed by atoms with van der Waals surface area (Å²) in [5, 5.41) is 13.6. The molecule has 0 saturated carbocycles. The normalized spacial score (nSPS) is 11.5. The van der Waals surface area contributed by atoms with Gasteiger partial charge in [-0.25, -0.2) is 4.98 Å². The summed E-state index contributed by atoms with van der Waals surface area (Å²) in [5.41, 5.74) is 3.14. The summed E-state index contributed by atoms with van der Waals surface area (Å²) >= 11 is 6.00. The molecule has 3 aromatic heterocycles. The van der Waals surface area contributed by atoms with Crippen LogP contribution in [0.25, 0.3) is 27.9 Å². The highest BCUT2D eigenvalue weighted by Crippen LogP contribution is 2.29. The number of ether oxygens (including phenoxy) is 1. The summed E-state index contributed by atoms with van der Waals surface area (Å²) in [6.45, 7) is 2.66. The molecule has 0 aliphatic heterocycles. The molecule has 0 aliphatic carbocycles. The maximum Gasteiger partial charge on any atom is 0.283 e. The number of fused-ring (bicyclic) bond motifs is 3. The minimum atomic E-state index is -0.247. The molecule has 4 aromatic rings. The summed E-state index contributed by atoms with van der Waals surface area (Å²) in [5.74, 6) is 0. The number of hydrogen-bond acceptors (Lipinski definition) is 6. The fraction of sp³-hybridized carbons (Fsp3) is 0.235. The second-order valence-corrected chi connectivity index (χ2v) is 6.14. The lowest BCUT2D eigenvalue weighted by Crippen LogP contribution is -2.22. The Morgan fingerprint density at radius 3 is 2.62 bits per heavy atom. The maximum atomic E-state index is 12.5. The summed E-state index contributed by atoms with van der Waals surface area (Å²) in [7, 11) is 1.59. The zero-order valence-corrected chi connectivity index (χ0v) is 14.9. The van der Waals surface area contributed by atoms with Gasteiger partial charge in [-0.2, -0.15) is 9.61 Å². The second-order valence-electron chi connectivity index (χ2n) is 5.70. The van der Waals surface area contributed by atoms with Gasteiger partial charge in [0.05, 0.1) is 17.9 Å². The van der Waals surface area contributed by atoms with Gasteiger partial charge in [-0.05, 0) is 24.6 Å². The Bertz CT molecular complexity index is 1170. The molecule has 0 N–H and O–H groups in total. The summed E-state index contributed by atoms with van der Waals surface area (Å²) in [4.78, 5) is 16.8.